The summed E-state index contributed by atoms with van der Waals surface area (Å²) in [6.07, 6.45) is 11.7. The van der Waals surface area contributed by atoms with E-state index in [1.807, 2.05) is 43.2 Å². The first-order valence-corrected chi connectivity index (χ1v) is 18.8. The Bertz CT molecular complexity index is 3250. The lowest BCUT2D eigenvalue weighted by atomic mass is 9.36. The Labute approximate surface area is 312 Å². The lowest BCUT2D eigenvalue weighted by molar-refractivity contribution is 0.591. The maximum absolute atomic E-state index is 5.27. The highest BCUT2D eigenvalue weighted by Crippen LogP contribution is 2.52. The van der Waals surface area contributed by atoms with E-state index in [1.165, 1.54) is 71.1 Å². The number of hydrogen-bond acceptors (Lipinski definition) is 5. The molecule has 0 saturated heterocycles. The second-order valence-corrected chi connectivity index (χ2v) is 17.2. The van der Waals surface area contributed by atoms with Crippen LogP contribution in [0.4, 0.5) is 17.1 Å². The van der Waals surface area contributed by atoms with Gasteiger partial charge in [-0.2, -0.15) is 0 Å². The second-order valence-electron chi connectivity index (χ2n) is 17.2. The van der Waals surface area contributed by atoms with Gasteiger partial charge in [-0.15, -0.1) is 0 Å². The van der Waals surface area contributed by atoms with E-state index in [2.05, 4.69) is 127 Å². The Kier molecular flexibility index (Phi) is 5.50. The Morgan fingerprint density at radius 2 is 1.22 bits per heavy atom. The fourth-order valence-corrected chi connectivity index (χ4v) is 9.75. The van der Waals surface area contributed by atoms with E-state index >= 15 is 0 Å². The zero-order valence-corrected chi connectivity index (χ0v) is 31.1. The number of hydrogen-bond donors (Lipinski definition) is 0. The molecule has 0 radical (unpaired) electrons. The molecule has 0 atom stereocenters. The molecule has 2 aliphatic heterocycles. The largest absolute Gasteiger partial charge is 0.308 e. The molecule has 0 fully saturated rings. The van der Waals surface area contributed by atoms with E-state index in [0.29, 0.717) is 0 Å². The summed E-state index contributed by atoms with van der Waals surface area (Å²) >= 11 is 0. The number of pyridine rings is 4. The number of nitrogens with zero attached hydrogens (tertiary/aromatic N) is 7. The molecule has 0 spiro atoms. The van der Waals surface area contributed by atoms with Crippen LogP contribution in [0.3, 0.4) is 0 Å². The molecule has 0 aliphatic carbocycles. The van der Waals surface area contributed by atoms with E-state index in [1.54, 1.807) is 0 Å². The second kappa shape index (κ2) is 9.82. The van der Waals surface area contributed by atoms with Gasteiger partial charge in [-0.25, -0.2) is 0 Å². The predicted molar refractivity (Wildman–Crippen MR) is 223 cm³/mol. The Balaban J connectivity index is 1.43. The number of benzene rings is 3. The van der Waals surface area contributed by atoms with Crippen molar-refractivity contribution in [2.75, 3.05) is 4.90 Å². The van der Waals surface area contributed by atoms with Crippen LogP contribution >= 0.6 is 0 Å². The molecule has 54 heavy (non-hydrogen) atoms. The van der Waals surface area contributed by atoms with E-state index in [-0.39, 0.29) is 17.5 Å². The van der Waals surface area contributed by atoms with E-state index < -0.39 is 0 Å². The van der Waals surface area contributed by atoms with Crippen LogP contribution in [0.1, 0.15) is 52.7 Å². The fraction of sp³-hybridized carbons (Fsp3) is 0.174. The van der Waals surface area contributed by atoms with Crippen molar-refractivity contribution in [2.24, 2.45) is 0 Å². The summed E-state index contributed by atoms with van der Waals surface area (Å²) in [6, 6.07) is 27.1. The molecule has 9 heterocycles. The minimum Gasteiger partial charge on any atom is -0.308 e. The van der Waals surface area contributed by atoms with Crippen molar-refractivity contribution in [3.05, 3.63) is 121 Å². The molecule has 258 valence electrons. The summed E-state index contributed by atoms with van der Waals surface area (Å²) in [7, 11) is 0. The Hall–Kier alpha value is -6.28. The van der Waals surface area contributed by atoms with Crippen molar-refractivity contribution in [2.45, 2.75) is 52.4 Å². The van der Waals surface area contributed by atoms with Crippen molar-refractivity contribution >= 4 is 100 Å². The van der Waals surface area contributed by atoms with Gasteiger partial charge in [0.05, 0.1) is 62.7 Å². The summed E-state index contributed by atoms with van der Waals surface area (Å²) in [5.74, 6) is 0. The molecule has 12 rings (SSSR count). The van der Waals surface area contributed by atoms with Crippen LogP contribution in [0.25, 0.3) is 65.6 Å². The van der Waals surface area contributed by atoms with E-state index in [9.17, 15) is 0 Å². The summed E-state index contributed by atoms with van der Waals surface area (Å²) in [5.41, 5.74) is 16.1. The molecular formula is C46H36BN7. The highest BCUT2D eigenvalue weighted by atomic mass is 15.2. The summed E-state index contributed by atoms with van der Waals surface area (Å²) in [4.78, 5) is 22.3. The van der Waals surface area contributed by atoms with Gasteiger partial charge in [0.2, 0.25) is 0 Å². The van der Waals surface area contributed by atoms with Gasteiger partial charge in [0.1, 0.15) is 0 Å². The first-order valence-electron chi connectivity index (χ1n) is 18.8. The molecule has 2 aliphatic rings. The molecule has 3 aromatic carbocycles. The quantitative estimate of drug-likeness (QED) is 0.161. The van der Waals surface area contributed by atoms with Crippen LogP contribution in [0.15, 0.2) is 110 Å². The smallest absolute Gasteiger partial charge is 0.298 e. The van der Waals surface area contributed by atoms with Gasteiger partial charge in [0.25, 0.3) is 6.71 Å². The minimum atomic E-state index is -0.202. The number of aromatic nitrogens is 6. The van der Waals surface area contributed by atoms with Crippen molar-refractivity contribution < 1.29 is 0 Å². The summed E-state index contributed by atoms with van der Waals surface area (Å²) < 4.78 is 5.03. The lowest BCUT2D eigenvalue weighted by Gasteiger charge is -2.39. The highest BCUT2D eigenvalue weighted by Gasteiger charge is 2.47. The van der Waals surface area contributed by atoms with E-state index in [0.717, 1.165) is 39.3 Å². The van der Waals surface area contributed by atoms with Gasteiger partial charge in [-0.05, 0) is 88.1 Å². The fourth-order valence-electron chi connectivity index (χ4n) is 9.75. The molecule has 0 N–H and O–H groups in total. The average Bonchev–Trinajstić information content (AvgIpc) is 3.81. The van der Waals surface area contributed by atoms with Gasteiger partial charge in [0, 0.05) is 68.3 Å². The summed E-state index contributed by atoms with van der Waals surface area (Å²) in [6.45, 7) is 13.6. The first kappa shape index (κ1) is 30.2. The van der Waals surface area contributed by atoms with Gasteiger partial charge < -0.3 is 13.9 Å². The monoisotopic (exact) mass is 697 g/mol. The predicted octanol–water partition coefficient (Wildman–Crippen LogP) is 8.72. The molecule has 7 aromatic heterocycles. The maximum Gasteiger partial charge on any atom is 0.298 e. The third-order valence-corrected chi connectivity index (χ3v) is 12.2. The van der Waals surface area contributed by atoms with Crippen molar-refractivity contribution in [3.63, 3.8) is 0 Å². The minimum absolute atomic E-state index is 0.0309. The number of anilines is 3. The molecule has 0 bridgehead atoms. The molecular weight excluding hydrogens is 661 g/mol. The Morgan fingerprint density at radius 1 is 0.556 bits per heavy atom. The zero-order valence-electron chi connectivity index (χ0n) is 31.1. The third-order valence-electron chi connectivity index (χ3n) is 12.2. The standard InChI is InChI=1S/C46H36BN7/c1-45(2,3)25-11-13-32-30(21-25)36-40-37(31-22-26(46(4,5)6)12-14-33(31)53(32)40)42-38-41(36)52(27-9-7-17-48-23-27)34-10-8-18-50-43(34)47(38)44-39-29(16-20-51-44)28-15-19-49-24-35(28)54(39)42/h7-24H,1-6H3. The molecule has 8 heteroatoms. The SMILES string of the molecule is CC(C)(C)c1ccc2c(c1)c1c3c4c(c5c6cc(C(C)(C)C)ccc6n2c15)-n1c2cnccc2c2ccnc(c21)B4c1ncccc1N3c1cccnc1. The highest BCUT2D eigenvalue weighted by molar-refractivity contribution is 7.00. The average molecular weight is 698 g/mol. The number of fused-ring (bicyclic) bond motifs is 15. The van der Waals surface area contributed by atoms with Crippen LogP contribution in [-0.2, 0) is 10.8 Å². The van der Waals surface area contributed by atoms with E-state index in [4.69, 9.17) is 15.0 Å². The Morgan fingerprint density at radius 3 is 1.93 bits per heavy atom. The molecule has 0 saturated carbocycles. The topological polar surface area (TPSA) is 64.1 Å². The molecule has 0 amide bonds. The lowest BCUT2D eigenvalue weighted by Crippen LogP contribution is -2.62. The van der Waals surface area contributed by atoms with Crippen LogP contribution in [0, 0.1) is 0 Å². The molecule has 7 nitrogen and oxygen atoms in total. The third kappa shape index (κ3) is 3.59. The van der Waals surface area contributed by atoms with Gasteiger partial charge >= 0.3 is 0 Å². The van der Waals surface area contributed by atoms with Gasteiger partial charge in [-0.1, -0.05) is 53.7 Å². The normalized spacial score (nSPS) is 14.0. The molecule has 0 unspecified atom stereocenters. The first-order chi connectivity index (χ1) is 26.1. The zero-order chi connectivity index (χ0) is 36.4. The van der Waals surface area contributed by atoms with Gasteiger partial charge in [0.15, 0.2) is 0 Å². The van der Waals surface area contributed by atoms with Crippen LogP contribution < -0.4 is 21.5 Å². The van der Waals surface area contributed by atoms with Crippen molar-refractivity contribution in [3.8, 4) is 5.69 Å². The maximum atomic E-state index is 5.27. The summed E-state index contributed by atoms with van der Waals surface area (Å²) in [5, 5.41) is 7.36. The van der Waals surface area contributed by atoms with Crippen LogP contribution in [0.2, 0.25) is 0 Å². The molecule has 10 aromatic rings. The number of rotatable bonds is 1. The van der Waals surface area contributed by atoms with Crippen LogP contribution in [-0.4, -0.2) is 35.6 Å². The van der Waals surface area contributed by atoms with Gasteiger partial charge in [-0.3, -0.25) is 19.9 Å². The van der Waals surface area contributed by atoms with Crippen molar-refractivity contribution in [1.82, 2.24) is 28.9 Å². The van der Waals surface area contributed by atoms with Crippen molar-refractivity contribution in [1.29, 1.82) is 0 Å². The van der Waals surface area contributed by atoms with Crippen LogP contribution in [0.5, 0.6) is 0 Å².